The van der Waals surface area contributed by atoms with Crippen molar-refractivity contribution in [3.05, 3.63) is 59.7 Å². The van der Waals surface area contributed by atoms with Gasteiger partial charge in [-0.2, -0.15) is 0 Å². The Morgan fingerprint density at radius 1 is 1.05 bits per heavy atom. The number of nitrogens with one attached hydrogen (secondary N) is 1. The van der Waals surface area contributed by atoms with Crippen LogP contribution in [-0.4, -0.2) is 6.54 Å². The Balaban J connectivity index is 1.84. The summed E-state index contributed by atoms with van der Waals surface area (Å²) in [6.07, 6.45) is 5.29. The van der Waals surface area contributed by atoms with Gasteiger partial charge in [-0.05, 0) is 60.0 Å². The first-order valence-corrected chi connectivity index (χ1v) is 8.27. The van der Waals surface area contributed by atoms with Crippen LogP contribution in [0.15, 0.2) is 48.5 Å². The molecule has 0 radical (unpaired) electrons. The van der Waals surface area contributed by atoms with E-state index in [1.54, 1.807) is 5.56 Å². The fourth-order valence-corrected chi connectivity index (χ4v) is 3.09. The van der Waals surface area contributed by atoms with Crippen LogP contribution in [0.25, 0.3) is 11.1 Å². The summed E-state index contributed by atoms with van der Waals surface area (Å²) < 4.78 is 0. The fourth-order valence-electron chi connectivity index (χ4n) is 3.09. The molecule has 1 aliphatic carbocycles. The van der Waals surface area contributed by atoms with Gasteiger partial charge in [-0.15, -0.1) is 0 Å². The molecule has 3 rings (SSSR count). The normalized spacial score (nSPS) is 14.9. The van der Waals surface area contributed by atoms with Crippen LogP contribution in [0.1, 0.15) is 49.7 Å². The van der Waals surface area contributed by atoms with E-state index < -0.39 is 0 Å². The van der Waals surface area contributed by atoms with Crippen molar-refractivity contribution in [2.75, 3.05) is 6.54 Å². The summed E-state index contributed by atoms with van der Waals surface area (Å²) in [7, 11) is 0. The standard InChI is InChI=1S/C20H25N/c1-2-13-21-15-16-7-5-10-18(14-16)20-12-4-3-11-19(20)17-8-6-9-17/h3-5,7,10-12,14,17,21H,2,6,8-9,13,15H2,1H3. The molecule has 1 aliphatic rings. The summed E-state index contributed by atoms with van der Waals surface area (Å²) >= 11 is 0. The zero-order chi connectivity index (χ0) is 14.5. The fraction of sp³-hybridized carbons (Fsp3) is 0.400. The van der Waals surface area contributed by atoms with Gasteiger partial charge < -0.3 is 5.32 Å². The van der Waals surface area contributed by atoms with Crippen LogP contribution < -0.4 is 5.32 Å². The van der Waals surface area contributed by atoms with Gasteiger partial charge in [0.2, 0.25) is 0 Å². The van der Waals surface area contributed by atoms with E-state index >= 15 is 0 Å². The van der Waals surface area contributed by atoms with E-state index in [1.165, 1.54) is 42.4 Å². The van der Waals surface area contributed by atoms with Crippen LogP contribution in [0, 0.1) is 0 Å². The molecule has 2 aromatic rings. The Bertz CT molecular complexity index is 584. The van der Waals surface area contributed by atoms with E-state index in [0.29, 0.717) is 0 Å². The molecule has 1 heteroatoms. The van der Waals surface area contributed by atoms with Crippen molar-refractivity contribution in [3.63, 3.8) is 0 Å². The molecule has 0 aromatic heterocycles. The molecule has 0 bridgehead atoms. The zero-order valence-electron chi connectivity index (χ0n) is 12.9. The minimum Gasteiger partial charge on any atom is -0.313 e. The lowest BCUT2D eigenvalue weighted by molar-refractivity contribution is 0.420. The second-order valence-electron chi connectivity index (χ2n) is 6.09. The molecule has 0 saturated heterocycles. The minimum absolute atomic E-state index is 0.781. The predicted octanol–water partition coefficient (Wildman–Crippen LogP) is 5.12. The third-order valence-corrected chi connectivity index (χ3v) is 4.50. The van der Waals surface area contributed by atoms with Crippen molar-refractivity contribution in [1.29, 1.82) is 0 Å². The molecule has 0 unspecified atom stereocenters. The predicted molar refractivity (Wildman–Crippen MR) is 90.5 cm³/mol. The summed E-state index contributed by atoms with van der Waals surface area (Å²) in [4.78, 5) is 0. The largest absolute Gasteiger partial charge is 0.313 e. The zero-order valence-corrected chi connectivity index (χ0v) is 12.9. The molecule has 0 heterocycles. The summed E-state index contributed by atoms with van der Waals surface area (Å²) in [5.74, 6) is 0.781. The van der Waals surface area contributed by atoms with Gasteiger partial charge >= 0.3 is 0 Å². The minimum atomic E-state index is 0.781. The summed E-state index contributed by atoms with van der Waals surface area (Å²) in [6, 6.07) is 18.0. The Hall–Kier alpha value is -1.60. The molecule has 0 amide bonds. The lowest BCUT2D eigenvalue weighted by Crippen LogP contribution is -2.13. The molecule has 1 N–H and O–H groups in total. The van der Waals surface area contributed by atoms with E-state index in [1.807, 2.05) is 0 Å². The smallest absolute Gasteiger partial charge is 0.0205 e. The molecule has 0 spiro atoms. The van der Waals surface area contributed by atoms with Crippen molar-refractivity contribution in [2.24, 2.45) is 0 Å². The van der Waals surface area contributed by atoms with Crippen LogP contribution in [-0.2, 0) is 6.54 Å². The van der Waals surface area contributed by atoms with Gasteiger partial charge in [-0.3, -0.25) is 0 Å². The number of benzene rings is 2. The van der Waals surface area contributed by atoms with Crippen LogP contribution in [0.4, 0.5) is 0 Å². The summed E-state index contributed by atoms with van der Waals surface area (Å²) in [5.41, 5.74) is 5.72. The van der Waals surface area contributed by atoms with Crippen LogP contribution in [0.5, 0.6) is 0 Å². The van der Waals surface area contributed by atoms with Crippen LogP contribution >= 0.6 is 0 Å². The molecule has 2 aromatic carbocycles. The van der Waals surface area contributed by atoms with Gasteiger partial charge in [0, 0.05) is 6.54 Å². The molecule has 0 aliphatic heterocycles. The van der Waals surface area contributed by atoms with Gasteiger partial charge in [-0.1, -0.05) is 55.8 Å². The SMILES string of the molecule is CCCNCc1cccc(-c2ccccc2C2CCC2)c1. The van der Waals surface area contributed by atoms with Gasteiger partial charge in [0.05, 0.1) is 0 Å². The summed E-state index contributed by atoms with van der Waals surface area (Å²) in [6.45, 7) is 4.26. The van der Waals surface area contributed by atoms with E-state index in [2.05, 4.69) is 60.8 Å². The first-order valence-electron chi connectivity index (χ1n) is 8.27. The number of hydrogen-bond donors (Lipinski definition) is 1. The first kappa shape index (κ1) is 14.3. The molecule has 21 heavy (non-hydrogen) atoms. The lowest BCUT2D eigenvalue weighted by Gasteiger charge is -2.28. The number of rotatable bonds is 6. The topological polar surface area (TPSA) is 12.0 Å². The Morgan fingerprint density at radius 3 is 2.67 bits per heavy atom. The second-order valence-corrected chi connectivity index (χ2v) is 6.09. The van der Waals surface area contributed by atoms with Crippen molar-refractivity contribution in [2.45, 2.75) is 45.1 Å². The van der Waals surface area contributed by atoms with Crippen molar-refractivity contribution < 1.29 is 0 Å². The van der Waals surface area contributed by atoms with Gasteiger partial charge in [0.15, 0.2) is 0 Å². The monoisotopic (exact) mass is 279 g/mol. The Labute approximate surface area is 128 Å². The Morgan fingerprint density at radius 2 is 1.90 bits per heavy atom. The van der Waals surface area contributed by atoms with Crippen LogP contribution in [0.2, 0.25) is 0 Å². The highest BCUT2D eigenvalue weighted by Gasteiger charge is 2.22. The second kappa shape index (κ2) is 6.91. The third kappa shape index (κ3) is 3.36. The number of hydrogen-bond acceptors (Lipinski definition) is 1. The molecule has 0 atom stereocenters. The van der Waals surface area contributed by atoms with E-state index in [-0.39, 0.29) is 0 Å². The molecular formula is C20H25N. The Kier molecular flexibility index (Phi) is 4.72. The van der Waals surface area contributed by atoms with E-state index in [9.17, 15) is 0 Å². The lowest BCUT2D eigenvalue weighted by atomic mass is 9.77. The molecule has 1 fully saturated rings. The van der Waals surface area contributed by atoms with Gasteiger partial charge in [0.1, 0.15) is 0 Å². The highest BCUT2D eigenvalue weighted by atomic mass is 14.8. The van der Waals surface area contributed by atoms with E-state index in [0.717, 1.165) is 19.0 Å². The van der Waals surface area contributed by atoms with E-state index in [4.69, 9.17) is 0 Å². The van der Waals surface area contributed by atoms with Crippen molar-refractivity contribution >= 4 is 0 Å². The maximum absolute atomic E-state index is 3.49. The average Bonchev–Trinajstić information content (AvgIpc) is 2.47. The molecule has 1 nitrogen and oxygen atoms in total. The maximum Gasteiger partial charge on any atom is 0.0205 e. The average molecular weight is 279 g/mol. The van der Waals surface area contributed by atoms with Gasteiger partial charge in [0.25, 0.3) is 0 Å². The maximum atomic E-state index is 3.49. The first-order chi connectivity index (χ1) is 10.4. The quantitative estimate of drug-likeness (QED) is 0.724. The summed E-state index contributed by atoms with van der Waals surface area (Å²) in [5, 5.41) is 3.49. The molecular weight excluding hydrogens is 254 g/mol. The molecule has 110 valence electrons. The highest BCUT2D eigenvalue weighted by Crippen LogP contribution is 2.41. The van der Waals surface area contributed by atoms with Crippen LogP contribution in [0.3, 0.4) is 0 Å². The van der Waals surface area contributed by atoms with Crippen molar-refractivity contribution in [1.82, 2.24) is 5.32 Å². The third-order valence-electron chi connectivity index (χ3n) is 4.50. The van der Waals surface area contributed by atoms with Gasteiger partial charge in [-0.25, -0.2) is 0 Å². The molecule has 1 saturated carbocycles. The highest BCUT2D eigenvalue weighted by molar-refractivity contribution is 5.69. The van der Waals surface area contributed by atoms with Crippen molar-refractivity contribution in [3.8, 4) is 11.1 Å².